The van der Waals surface area contributed by atoms with E-state index in [9.17, 15) is 25.2 Å². The topological polar surface area (TPSA) is 98.0 Å². The number of ketones is 1. The van der Waals surface area contributed by atoms with Gasteiger partial charge in [-0.2, -0.15) is 0 Å². The van der Waals surface area contributed by atoms with Gasteiger partial charge in [-0.05, 0) is 68.6 Å². The predicted molar refractivity (Wildman–Crippen MR) is 98.4 cm³/mol. The first kappa shape index (κ1) is 20.2. The zero-order valence-corrected chi connectivity index (χ0v) is 16.2. The molecule has 3 rings (SSSR count). The zero-order valence-electron chi connectivity index (χ0n) is 16.2. The van der Waals surface area contributed by atoms with Crippen LogP contribution in [0.4, 0.5) is 0 Å². The second-order valence-electron chi connectivity index (χ2n) is 9.61. The summed E-state index contributed by atoms with van der Waals surface area (Å²) in [4.78, 5) is 12.4. The highest BCUT2D eigenvalue weighted by Crippen LogP contribution is 2.62. The smallest absolute Gasteiger partial charge is 0.190 e. The Morgan fingerprint density at radius 3 is 2.50 bits per heavy atom. The fourth-order valence-electron chi connectivity index (χ4n) is 6.63. The molecule has 0 saturated heterocycles. The molecule has 0 radical (unpaired) electrons. The summed E-state index contributed by atoms with van der Waals surface area (Å²) in [5.41, 5.74) is -2.18. The number of carbonyl (C=O) groups is 1. The lowest BCUT2D eigenvalue weighted by Gasteiger charge is -2.53. The molecule has 5 nitrogen and oxygen atoms in total. The quantitative estimate of drug-likeness (QED) is 0.598. The van der Waals surface area contributed by atoms with Crippen LogP contribution in [0.25, 0.3) is 0 Å². The first-order chi connectivity index (χ1) is 12.2. The van der Waals surface area contributed by atoms with E-state index in [1.165, 1.54) is 0 Å². The average Bonchev–Trinajstić information content (AvgIpc) is 2.85. The number of fused-ring (bicyclic) bond motifs is 3. The average molecular weight is 369 g/mol. The molecule has 5 heteroatoms. The van der Waals surface area contributed by atoms with Crippen molar-refractivity contribution in [2.24, 2.45) is 29.1 Å². The highest BCUT2D eigenvalue weighted by atomic mass is 16.3. The molecule has 3 fully saturated rings. The van der Waals surface area contributed by atoms with Crippen molar-refractivity contribution in [3.8, 4) is 0 Å². The Morgan fingerprint density at radius 2 is 1.81 bits per heavy atom. The summed E-state index contributed by atoms with van der Waals surface area (Å²) in [7, 11) is 0. The normalized spacial score (nSPS) is 49.9. The van der Waals surface area contributed by atoms with E-state index in [4.69, 9.17) is 0 Å². The Hall–Kier alpha value is -0.490. The maximum Gasteiger partial charge on any atom is 0.190 e. The summed E-state index contributed by atoms with van der Waals surface area (Å²) < 4.78 is 0. The molecule has 0 aromatic carbocycles. The van der Waals surface area contributed by atoms with Crippen LogP contribution in [0.2, 0.25) is 0 Å². The summed E-state index contributed by atoms with van der Waals surface area (Å²) >= 11 is 0. The Balaban J connectivity index is 1.89. The molecule has 0 aromatic rings. The van der Waals surface area contributed by atoms with Crippen LogP contribution in [-0.4, -0.2) is 50.6 Å². The van der Waals surface area contributed by atoms with Crippen molar-refractivity contribution in [3.05, 3.63) is 0 Å². The fraction of sp³-hybridized carbons (Fsp3) is 0.952. The molecule has 150 valence electrons. The molecule has 0 bridgehead atoms. The molecule has 26 heavy (non-hydrogen) atoms. The van der Waals surface area contributed by atoms with Crippen LogP contribution in [0, 0.1) is 29.1 Å². The van der Waals surface area contributed by atoms with Crippen molar-refractivity contribution in [1.29, 1.82) is 0 Å². The first-order valence-corrected chi connectivity index (χ1v) is 10.5. The summed E-state index contributed by atoms with van der Waals surface area (Å²) in [6, 6.07) is 0. The van der Waals surface area contributed by atoms with Crippen molar-refractivity contribution in [2.75, 3.05) is 6.61 Å². The van der Waals surface area contributed by atoms with E-state index in [0.717, 1.165) is 44.9 Å². The van der Waals surface area contributed by atoms with Gasteiger partial charge in [0.1, 0.15) is 12.2 Å². The minimum absolute atomic E-state index is 0.178. The SMILES string of the molecule is CC1CCC2C(CCCC(O)C1)[C@@H](O)CC1(C)C2CCC1(O)C(=O)CO. The maximum absolute atomic E-state index is 12.4. The van der Waals surface area contributed by atoms with Crippen molar-refractivity contribution in [2.45, 2.75) is 89.4 Å². The zero-order chi connectivity index (χ0) is 19.1. The second-order valence-corrected chi connectivity index (χ2v) is 9.61. The van der Waals surface area contributed by atoms with Crippen LogP contribution in [0.5, 0.6) is 0 Å². The largest absolute Gasteiger partial charge is 0.393 e. The van der Waals surface area contributed by atoms with Gasteiger partial charge >= 0.3 is 0 Å². The van der Waals surface area contributed by atoms with Gasteiger partial charge in [-0.25, -0.2) is 0 Å². The lowest BCUT2D eigenvalue weighted by atomic mass is 9.53. The van der Waals surface area contributed by atoms with Gasteiger partial charge in [-0.1, -0.05) is 26.7 Å². The van der Waals surface area contributed by atoms with Gasteiger partial charge in [0.15, 0.2) is 5.78 Å². The number of hydrogen-bond acceptors (Lipinski definition) is 5. The van der Waals surface area contributed by atoms with E-state index < -0.39 is 29.5 Å². The van der Waals surface area contributed by atoms with Crippen molar-refractivity contribution >= 4 is 5.78 Å². The monoisotopic (exact) mass is 368 g/mol. The van der Waals surface area contributed by atoms with Crippen molar-refractivity contribution in [1.82, 2.24) is 0 Å². The van der Waals surface area contributed by atoms with Gasteiger partial charge in [0.05, 0.1) is 12.2 Å². The minimum Gasteiger partial charge on any atom is -0.393 e. The fourth-order valence-corrected chi connectivity index (χ4v) is 6.63. The van der Waals surface area contributed by atoms with Crippen molar-refractivity contribution < 1.29 is 25.2 Å². The molecule has 0 amide bonds. The van der Waals surface area contributed by atoms with Crippen molar-refractivity contribution in [3.63, 3.8) is 0 Å². The number of aliphatic hydroxyl groups excluding tert-OH is 3. The van der Waals surface area contributed by atoms with E-state index in [1.54, 1.807) is 0 Å². The lowest BCUT2D eigenvalue weighted by Crippen LogP contribution is -2.58. The van der Waals surface area contributed by atoms with Crippen LogP contribution < -0.4 is 0 Å². The van der Waals surface area contributed by atoms with Crippen LogP contribution >= 0.6 is 0 Å². The van der Waals surface area contributed by atoms with Gasteiger partial charge in [-0.15, -0.1) is 0 Å². The molecule has 3 saturated carbocycles. The molecule has 0 aliphatic heterocycles. The van der Waals surface area contributed by atoms with E-state index in [-0.39, 0.29) is 17.9 Å². The molecule has 0 heterocycles. The van der Waals surface area contributed by atoms with Gasteiger partial charge in [0.25, 0.3) is 0 Å². The third-order valence-corrected chi connectivity index (χ3v) is 8.12. The minimum atomic E-state index is -1.52. The Kier molecular flexibility index (Phi) is 5.84. The Morgan fingerprint density at radius 1 is 1.08 bits per heavy atom. The Bertz CT molecular complexity index is 523. The number of rotatable bonds is 2. The van der Waals surface area contributed by atoms with E-state index in [0.29, 0.717) is 24.7 Å². The first-order valence-electron chi connectivity index (χ1n) is 10.5. The summed E-state index contributed by atoms with van der Waals surface area (Å²) in [6.45, 7) is 3.49. The third kappa shape index (κ3) is 3.25. The number of carbonyl (C=O) groups excluding carboxylic acids is 1. The number of hydrogen-bond donors (Lipinski definition) is 4. The standard InChI is InChI=1S/C21H36O5/c1-13-6-7-15-16(5-3-4-14(23)10-13)18(24)11-20(2)17(15)8-9-21(20,26)19(25)12-22/h13-18,22-24,26H,3-12H2,1-2H3/t13?,14?,15?,16?,17?,18-,20?,21?/m0/s1. The Labute approximate surface area is 156 Å². The van der Waals surface area contributed by atoms with Crippen LogP contribution in [0.3, 0.4) is 0 Å². The summed E-state index contributed by atoms with van der Waals surface area (Å²) in [5, 5.41) is 41.7. The molecule has 3 aliphatic carbocycles. The third-order valence-electron chi connectivity index (χ3n) is 8.12. The van der Waals surface area contributed by atoms with Gasteiger partial charge < -0.3 is 20.4 Å². The molecular weight excluding hydrogens is 332 g/mol. The van der Waals surface area contributed by atoms with E-state index in [1.807, 2.05) is 6.92 Å². The van der Waals surface area contributed by atoms with E-state index in [2.05, 4.69) is 6.92 Å². The van der Waals surface area contributed by atoms with Crippen LogP contribution in [0.15, 0.2) is 0 Å². The molecule has 3 aliphatic rings. The maximum atomic E-state index is 12.4. The van der Waals surface area contributed by atoms with Gasteiger partial charge in [0.2, 0.25) is 0 Å². The highest BCUT2D eigenvalue weighted by Gasteiger charge is 2.65. The van der Waals surface area contributed by atoms with Gasteiger partial charge in [-0.3, -0.25) is 4.79 Å². The van der Waals surface area contributed by atoms with Crippen LogP contribution in [-0.2, 0) is 4.79 Å². The molecule has 4 N–H and O–H groups in total. The number of Topliss-reactive ketones (excluding diaryl/α,β-unsaturated/α-hetero) is 1. The molecule has 0 aromatic heterocycles. The molecular formula is C21H36O5. The lowest BCUT2D eigenvalue weighted by molar-refractivity contribution is -0.171. The van der Waals surface area contributed by atoms with Crippen LogP contribution in [0.1, 0.15) is 71.6 Å². The molecule has 8 atom stereocenters. The number of aliphatic hydroxyl groups is 4. The molecule has 0 spiro atoms. The van der Waals surface area contributed by atoms with Gasteiger partial charge in [0, 0.05) is 5.41 Å². The second kappa shape index (κ2) is 7.50. The van der Waals surface area contributed by atoms with E-state index >= 15 is 0 Å². The highest BCUT2D eigenvalue weighted by molar-refractivity contribution is 5.89. The predicted octanol–water partition coefficient (Wildman–Crippen LogP) is 2.04. The molecule has 7 unspecified atom stereocenters. The summed E-state index contributed by atoms with van der Waals surface area (Å²) in [6.07, 6.45) is 6.20. The summed E-state index contributed by atoms with van der Waals surface area (Å²) in [5.74, 6) is 0.616.